The summed E-state index contributed by atoms with van der Waals surface area (Å²) in [5, 5.41) is 1.62. The minimum atomic E-state index is 0.108. The number of nitrogens with one attached hydrogen (secondary N) is 1. The van der Waals surface area contributed by atoms with Gasteiger partial charge >= 0.3 is 0 Å². The van der Waals surface area contributed by atoms with Gasteiger partial charge in [-0.1, -0.05) is 37.3 Å². The number of hydrogen-bond donors (Lipinski definition) is 1. The third kappa shape index (κ3) is 2.85. The second kappa shape index (κ2) is 5.40. The Bertz CT molecular complexity index is 285. The molecule has 0 saturated carbocycles. The van der Waals surface area contributed by atoms with Crippen molar-refractivity contribution < 1.29 is 4.79 Å². The van der Waals surface area contributed by atoms with Crippen LogP contribution in [0.3, 0.4) is 0 Å². The van der Waals surface area contributed by atoms with E-state index in [-0.39, 0.29) is 5.91 Å². The number of carbonyl (C=O) groups excluding carboxylic acids is 1. The SMILES string of the molecule is CCC(=O)N(Cc1ccccc1)NC. The van der Waals surface area contributed by atoms with Crippen LogP contribution >= 0.6 is 0 Å². The summed E-state index contributed by atoms with van der Waals surface area (Å²) in [4.78, 5) is 11.4. The smallest absolute Gasteiger partial charge is 0.236 e. The molecular weight excluding hydrogens is 176 g/mol. The van der Waals surface area contributed by atoms with E-state index in [4.69, 9.17) is 0 Å². The standard InChI is InChI=1S/C11H16N2O/c1-3-11(14)13(12-2)9-10-7-5-4-6-8-10/h4-8,12H,3,9H2,1-2H3. The Morgan fingerprint density at radius 3 is 2.50 bits per heavy atom. The maximum absolute atomic E-state index is 11.4. The summed E-state index contributed by atoms with van der Waals surface area (Å²) in [6.45, 7) is 2.47. The molecular formula is C11H16N2O. The number of hydrazine groups is 1. The molecule has 0 aliphatic rings. The summed E-state index contributed by atoms with van der Waals surface area (Å²) in [7, 11) is 1.76. The molecule has 0 bridgehead atoms. The molecule has 76 valence electrons. The largest absolute Gasteiger partial charge is 0.274 e. The predicted molar refractivity (Wildman–Crippen MR) is 56.3 cm³/mol. The Kier molecular flexibility index (Phi) is 4.13. The highest BCUT2D eigenvalue weighted by Crippen LogP contribution is 2.03. The average Bonchev–Trinajstić information content (AvgIpc) is 2.26. The van der Waals surface area contributed by atoms with Crippen LogP contribution in [0.15, 0.2) is 30.3 Å². The molecule has 0 spiro atoms. The van der Waals surface area contributed by atoms with Crippen LogP contribution in [0.25, 0.3) is 0 Å². The lowest BCUT2D eigenvalue weighted by Crippen LogP contribution is -2.39. The van der Waals surface area contributed by atoms with Crippen molar-refractivity contribution in [3.63, 3.8) is 0 Å². The minimum absolute atomic E-state index is 0.108. The molecule has 3 heteroatoms. The average molecular weight is 192 g/mol. The van der Waals surface area contributed by atoms with Crippen molar-refractivity contribution in [1.29, 1.82) is 0 Å². The van der Waals surface area contributed by atoms with Crippen LogP contribution in [0.2, 0.25) is 0 Å². The first kappa shape index (κ1) is 10.7. The van der Waals surface area contributed by atoms with Gasteiger partial charge < -0.3 is 0 Å². The Morgan fingerprint density at radius 1 is 1.36 bits per heavy atom. The maximum atomic E-state index is 11.4. The van der Waals surface area contributed by atoms with Gasteiger partial charge in [-0.2, -0.15) is 0 Å². The van der Waals surface area contributed by atoms with Crippen LogP contribution in [0.4, 0.5) is 0 Å². The molecule has 1 N–H and O–H groups in total. The van der Waals surface area contributed by atoms with Crippen molar-refractivity contribution in [2.45, 2.75) is 19.9 Å². The molecule has 1 amide bonds. The quantitative estimate of drug-likeness (QED) is 0.734. The van der Waals surface area contributed by atoms with Crippen molar-refractivity contribution >= 4 is 5.91 Å². The molecule has 14 heavy (non-hydrogen) atoms. The molecule has 0 aromatic heterocycles. The van der Waals surface area contributed by atoms with Crippen molar-refractivity contribution in [2.24, 2.45) is 0 Å². The second-order valence-electron chi connectivity index (χ2n) is 3.04. The lowest BCUT2D eigenvalue weighted by Gasteiger charge is -2.20. The van der Waals surface area contributed by atoms with Gasteiger partial charge in [-0.05, 0) is 5.56 Å². The van der Waals surface area contributed by atoms with Crippen LogP contribution in [0.5, 0.6) is 0 Å². The third-order valence-corrected chi connectivity index (χ3v) is 2.06. The Balaban J connectivity index is 2.62. The number of carbonyl (C=O) groups is 1. The topological polar surface area (TPSA) is 32.3 Å². The molecule has 0 unspecified atom stereocenters. The van der Waals surface area contributed by atoms with E-state index in [0.717, 1.165) is 5.56 Å². The van der Waals surface area contributed by atoms with Gasteiger partial charge in [0.15, 0.2) is 0 Å². The van der Waals surface area contributed by atoms with Gasteiger partial charge in [0.1, 0.15) is 0 Å². The molecule has 0 saturated heterocycles. The highest BCUT2D eigenvalue weighted by Gasteiger charge is 2.08. The zero-order valence-electron chi connectivity index (χ0n) is 8.66. The van der Waals surface area contributed by atoms with Crippen LogP contribution in [0, 0.1) is 0 Å². The van der Waals surface area contributed by atoms with E-state index in [1.54, 1.807) is 12.1 Å². The molecule has 0 aliphatic heterocycles. The Hall–Kier alpha value is -1.35. The third-order valence-electron chi connectivity index (χ3n) is 2.06. The summed E-state index contributed by atoms with van der Waals surface area (Å²) >= 11 is 0. The zero-order valence-corrected chi connectivity index (χ0v) is 8.66. The lowest BCUT2D eigenvalue weighted by atomic mass is 10.2. The Morgan fingerprint density at radius 2 is 2.00 bits per heavy atom. The van der Waals surface area contributed by atoms with Gasteiger partial charge in [-0.15, -0.1) is 0 Å². The lowest BCUT2D eigenvalue weighted by molar-refractivity contribution is -0.134. The number of hydrogen-bond acceptors (Lipinski definition) is 2. The fourth-order valence-electron chi connectivity index (χ4n) is 1.25. The molecule has 0 aliphatic carbocycles. The highest BCUT2D eigenvalue weighted by atomic mass is 16.2. The monoisotopic (exact) mass is 192 g/mol. The second-order valence-corrected chi connectivity index (χ2v) is 3.04. The van der Waals surface area contributed by atoms with Gasteiger partial charge in [0.25, 0.3) is 0 Å². The summed E-state index contributed by atoms with van der Waals surface area (Å²) in [5.74, 6) is 0.108. The van der Waals surface area contributed by atoms with Crippen LogP contribution in [0.1, 0.15) is 18.9 Å². The van der Waals surface area contributed by atoms with Crippen molar-refractivity contribution in [3.05, 3.63) is 35.9 Å². The summed E-state index contributed by atoms with van der Waals surface area (Å²) in [5.41, 5.74) is 4.01. The van der Waals surface area contributed by atoms with Crippen LogP contribution in [-0.2, 0) is 11.3 Å². The number of amides is 1. The van der Waals surface area contributed by atoms with Gasteiger partial charge in [-0.25, -0.2) is 5.43 Å². The van der Waals surface area contributed by atoms with Crippen molar-refractivity contribution in [1.82, 2.24) is 10.4 Å². The van der Waals surface area contributed by atoms with E-state index < -0.39 is 0 Å². The molecule has 0 heterocycles. The number of rotatable bonds is 4. The van der Waals surface area contributed by atoms with E-state index in [1.165, 1.54) is 0 Å². The first-order chi connectivity index (χ1) is 6.77. The molecule has 1 aromatic carbocycles. The van der Waals surface area contributed by atoms with E-state index in [0.29, 0.717) is 13.0 Å². The predicted octanol–water partition coefficient (Wildman–Crippen LogP) is 1.56. The minimum Gasteiger partial charge on any atom is -0.274 e. The molecule has 1 aromatic rings. The normalized spacial score (nSPS) is 9.86. The fraction of sp³-hybridized carbons (Fsp3) is 0.364. The summed E-state index contributed by atoms with van der Waals surface area (Å²) in [6.07, 6.45) is 0.522. The summed E-state index contributed by atoms with van der Waals surface area (Å²) < 4.78 is 0. The maximum Gasteiger partial charge on any atom is 0.236 e. The van der Waals surface area contributed by atoms with Gasteiger partial charge in [0, 0.05) is 13.5 Å². The van der Waals surface area contributed by atoms with Gasteiger partial charge in [0.05, 0.1) is 6.54 Å². The Labute approximate surface area is 84.7 Å². The number of nitrogens with zero attached hydrogens (tertiary/aromatic N) is 1. The van der Waals surface area contributed by atoms with E-state index in [9.17, 15) is 4.79 Å². The van der Waals surface area contributed by atoms with Crippen LogP contribution < -0.4 is 5.43 Å². The first-order valence-corrected chi connectivity index (χ1v) is 4.79. The molecule has 0 fully saturated rings. The van der Waals surface area contributed by atoms with Crippen molar-refractivity contribution in [2.75, 3.05) is 7.05 Å². The highest BCUT2D eigenvalue weighted by molar-refractivity contribution is 5.75. The fourth-order valence-corrected chi connectivity index (χ4v) is 1.25. The molecule has 3 nitrogen and oxygen atoms in total. The number of benzene rings is 1. The van der Waals surface area contributed by atoms with E-state index in [2.05, 4.69) is 5.43 Å². The van der Waals surface area contributed by atoms with Gasteiger partial charge in [-0.3, -0.25) is 9.80 Å². The van der Waals surface area contributed by atoms with E-state index in [1.807, 2.05) is 37.3 Å². The zero-order chi connectivity index (χ0) is 10.4. The van der Waals surface area contributed by atoms with E-state index >= 15 is 0 Å². The van der Waals surface area contributed by atoms with Crippen molar-refractivity contribution in [3.8, 4) is 0 Å². The van der Waals surface area contributed by atoms with Crippen LogP contribution in [-0.4, -0.2) is 18.0 Å². The molecule has 0 radical (unpaired) electrons. The molecule has 1 rings (SSSR count). The molecule has 0 atom stereocenters. The summed E-state index contributed by atoms with van der Waals surface area (Å²) in [6, 6.07) is 9.93. The first-order valence-electron chi connectivity index (χ1n) is 4.79. The van der Waals surface area contributed by atoms with Gasteiger partial charge in [0.2, 0.25) is 5.91 Å².